The molecule has 0 spiro atoms. The summed E-state index contributed by atoms with van der Waals surface area (Å²) in [5, 5.41) is 9.47. The molecule has 0 bridgehead atoms. The van der Waals surface area contributed by atoms with Crippen LogP contribution in [0.1, 0.15) is 61.2 Å². The van der Waals surface area contributed by atoms with Crippen molar-refractivity contribution >= 4 is 17.9 Å². The minimum atomic E-state index is -0.374. The molecule has 29 heavy (non-hydrogen) atoms. The van der Waals surface area contributed by atoms with Gasteiger partial charge in [0.15, 0.2) is 0 Å². The molecule has 0 saturated heterocycles. The molecule has 2 amide bonds. The van der Waals surface area contributed by atoms with E-state index in [0.29, 0.717) is 18.4 Å². The van der Waals surface area contributed by atoms with Gasteiger partial charge >= 0.3 is 0 Å². The van der Waals surface area contributed by atoms with Gasteiger partial charge in [-0.05, 0) is 35.6 Å². The highest BCUT2D eigenvalue weighted by Crippen LogP contribution is 2.32. The molecule has 7 heteroatoms. The number of nitrogens with zero attached hydrogens (tertiary/aromatic N) is 2. The Kier molecular flexibility index (Phi) is 6.26. The first kappa shape index (κ1) is 20.5. The van der Waals surface area contributed by atoms with E-state index in [-0.39, 0.29) is 36.4 Å². The Morgan fingerprint density at radius 3 is 2.62 bits per heavy atom. The van der Waals surface area contributed by atoms with Gasteiger partial charge in [0.25, 0.3) is 5.56 Å². The standard InChI is InChI=1S/C22H26N4O3/c1-4-16-18(22(29)25-24-19(16)5-2)13-23-21(28)12-20-17-9-7-6-8-15(17)10-11-26(20)14(3)27/h6-11,20H,4-5,12-13H2,1-3H3,(H,23,28)(H,25,29). The van der Waals surface area contributed by atoms with E-state index in [1.165, 1.54) is 6.92 Å². The molecule has 0 aliphatic carbocycles. The highest BCUT2D eigenvalue weighted by Gasteiger charge is 2.28. The molecular formula is C22H26N4O3. The zero-order chi connectivity index (χ0) is 21.0. The van der Waals surface area contributed by atoms with Crippen LogP contribution in [0.3, 0.4) is 0 Å². The number of fused-ring (bicyclic) bond motifs is 1. The number of aryl methyl sites for hydroxylation is 1. The SMILES string of the molecule is CCc1n[nH]c(=O)c(CNC(=O)CC2c3ccccc3C=CN2C(C)=O)c1CC. The smallest absolute Gasteiger partial charge is 0.269 e. The summed E-state index contributed by atoms with van der Waals surface area (Å²) in [5.74, 6) is -0.345. The lowest BCUT2D eigenvalue weighted by molar-refractivity contribution is -0.130. The van der Waals surface area contributed by atoms with Crippen LogP contribution >= 0.6 is 0 Å². The summed E-state index contributed by atoms with van der Waals surface area (Å²) in [4.78, 5) is 38.6. The number of hydrogen-bond donors (Lipinski definition) is 2. The van der Waals surface area contributed by atoms with Crippen molar-refractivity contribution < 1.29 is 9.59 Å². The third-order valence-corrected chi connectivity index (χ3v) is 5.28. The van der Waals surface area contributed by atoms with E-state index in [1.54, 1.807) is 11.1 Å². The summed E-state index contributed by atoms with van der Waals surface area (Å²) in [6, 6.07) is 7.35. The predicted octanol–water partition coefficient (Wildman–Crippen LogP) is 2.48. The first-order chi connectivity index (χ1) is 14.0. The number of nitrogens with one attached hydrogen (secondary N) is 2. The third-order valence-electron chi connectivity index (χ3n) is 5.28. The number of benzene rings is 1. The number of amides is 2. The van der Waals surface area contributed by atoms with E-state index in [9.17, 15) is 14.4 Å². The molecule has 1 unspecified atom stereocenters. The van der Waals surface area contributed by atoms with Crippen molar-refractivity contribution in [2.75, 3.05) is 0 Å². The van der Waals surface area contributed by atoms with Crippen molar-refractivity contribution in [3.8, 4) is 0 Å². The molecule has 1 aliphatic heterocycles. The van der Waals surface area contributed by atoms with Crippen molar-refractivity contribution in [1.82, 2.24) is 20.4 Å². The Morgan fingerprint density at radius 2 is 1.93 bits per heavy atom. The van der Waals surface area contributed by atoms with Crippen molar-refractivity contribution in [3.63, 3.8) is 0 Å². The summed E-state index contributed by atoms with van der Waals surface area (Å²) in [6.45, 7) is 5.57. The van der Waals surface area contributed by atoms with Crippen LogP contribution in [0.15, 0.2) is 35.3 Å². The maximum Gasteiger partial charge on any atom is 0.269 e. The Labute approximate surface area is 169 Å². The second-order valence-corrected chi connectivity index (χ2v) is 7.03. The van der Waals surface area contributed by atoms with Crippen molar-refractivity contribution in [2.45, 2.75) is 52.6 Å². The van der Waals surface area contributed by atoms with E-state index in [1.807, 2.05) is 44.2 Å². The van der Waals surface area contributed by atoms with Crippen molar-refractivity contribution in [1.29, 1.82) is 0 Å². The highest BCUT2D eigenvalue weighted by atomic mass is 16.2. The molecule has 2 N–H and O–H groups in total. The Morgan fingerprint density at radius 1 is 1.17 bits per heavy atom. The summed E-state index contributed by atoms with van der Waals surface area (Å²) >= 11 is 0. The van der Waals surface area contributed by atoms with Gasteiger partial charge in [-0.1, -0.05) is 38.1 Å². The predicted molar refractivity (Wildman–Crippen MR) is 111 cm³/mol. The zero-order valence-electron chi connectivity index (χ0n) is 17.0. The van der Waals surface area contributed by atoms with Gasteiger partial charge in [-0.2, -0.15) is 5.10 Å². The van der Waals surface area contributed by atoms with E-state index in [4.69, 9.17) is 0 Å². The highest BCUT2D eigenvalue weighted by molar-refractivity contribution is 5.81. The minimum Gasteiger partial charge on any atom is -0.352 e. The summed E-state index contributed by atoms with van der Waals surface area (Å²) in [7, 11) is 0. The molecule has 1 aliphatic rings. The molecule has 1 aromatic carbocycles. The van der Waals surface area contributed by atoms with Crippen LogP contribution in [-0.2, 0) is 29.0 Å². The monoisotopic (exact) mass is 394 g/mol. The van der Waals surface area contributed by atoms with Gasteiger partial charge in [0.2, 0.25) is 11.8 Å². The lowest BCUT2D eigenvalue weighted by Gasteiger charge is -2.32. The topological polar surface area (TPSA) is 95.2 Å². The Bertz CT molecular complexity index is 1010. The molecule has 7 nitrogen and oxygen atoms in total. The molecule has 2 aromatic rings. The fourth-order valence-corrected chi connectivity index (χ4v) is 3.81. The largest absolute Gasteiger partial charge is 0.352 e. The summed E-state index contributed by atoms with van der Waals surface area (Å²) in [5.41, 5.74) is 3.91. The number of carbonyl (C=O) groups is 2. The van der Waals surface area contributed by atoms with Gasteiger partial charge in [0, 0.05) is 25.2 Å². The molecule has 0 radical (unpaired) electrons. The number of aromatic nitrogens is 2. The maximum atomic E-state index is 12.7. The van der Waals surface area contributed by atoms with Crippen LogP contribution in [0, 0.1) is 0 Å². The molecule has 1 aromatic heterocycles. The quantitative estimate of drug-likeness (QED) is 0.787. The molecule has 3 rings (SSSR count). The van der Waals surface area contributed by atoms with E-state index in [2.05, 4.69) is 15.5 Å². The fourth-order valence-electron chi connectivity index (χ4n) is 3.81. The van der Waals surface area contributed by atoms with Crippen LogP contribution in [0.5, 0.6) is 0 Å². The molecule has 0 fully saturated rings. The van der Waals surface area contributed by atoms with Crippen LogP contribution in [-0.4, -0.2) is 26.9 Å². The van der Waals surface area contributed by atoms with E-state index < -0.39 is 0 Å². The number of carbonyl (C=O) groups excluding carboxylic acids is 2. The average molecular weight is 394 g/mol. The van der Waals surface area contributed by atoms with Crippen molar-refractivity contribution in [2.24, 2.45) is 0 Å². The number of H-pyrrole nitrogens is 1. The van der Waals surface area contributed by atoms with Crippen molar-refractivity contribution in [3.05, 3.63) is 68.8 Å². The fraction of sp³-hybridized carbons (Fsp3) is 0.364. The Hall–Kier alpha value is -3.22. The Balaban J connectivity index is 1.78. The van der Waals surface area contributed by atoms with E-state index >= 15 is 0 Å². The van der Waals surface area contributed by atoms with Gasteiger partial charge in [-0.15, -0.1) is 0 Å². The zero-order valence-corrected chi connectivity index (χ0v) is 17.0. The van der Waals surface area contributed by atoms with Crippen LogP contribution in [0.25, 0.3) is 6.08 Å². The number of rotatable bonds is 6. The number of aromatic amines is 1. The molecule has 2 heterocycles. The first-order valence-corrected chi connectivity index (χ1v) is 9.88. The normalized spacial score (nSPS) is 15.1. The van der Waals surface area contributed by atoms with Gasteiger partial charge in [-0.3, -0.25) is 14.4 Å². The molecule has 152 valence electrons. The van der Waals surface area contributed by atoms with Gasteiger partial charge in [-0.25, -0.2) is 5.10 Å². The lowest BCUT2D eigenvalue weighted by atomic mass is 9.93. The number of hydrogen-bond acceptors (Lipinski definition) is 4. The van der Waals surface area contributed by atoms with Gasteiger partial charge in [0.05, 0.1) is 18.2 Å². The molecule has 1 atom stereocenters. The summed E-state index contributed by atoms with van der Waals surface area (Å²) in [6.07, 6.45) is 5.09. The van der Waals surface area contributed by atoms with Crippen LogP contribution in [0.4, 0.5) is 0 Å². The van der Waals surface area contributed by atoms with Crippen LogP contribution < -0.4 is 10.9 Å². The average Bonchev–Trinajstić information content (AvgIpc) is 2.72. The third kappa shape index (κ3) is 4.29. The second-order valence-electron chi connectivity index (χ2n) is 7.03. The maximum absolute atomic E-state index is 12.7. The first-order valence-electron chi connectivity index (χ1n) is 9.88. The molecule has 0 saturated carbocycles. The second kappa shape index (κ2) is 8.86. The lowest BCUT2D eigenvalue weighted by Crippen LogP contribution is -2.36. The van der Waals surface area contributed by atoms with Gasteiger partial charge in [0.1, 0.15) is 0 Å². The van der Waals surface area contributed by atoms with E-state index in [0.717, 1.165) is 22.4 Å². The molecular weight excluding hydrogens is 368 g/mol. The van der Waals surface area contributed by atoms with Crippen LogP contribution in [0.2, 0.25) is 0 Å². The minimum absolute atomic E-state index is 0.117. The summed E-state index contributed by atoms with van der Waals surface area (Å²) < 4.78 is 0. The van der Waals surface area contributed by atoms with Gasteiger partial charge < -0.3 is 10.2 Å².